The van der Waals surface area contributed by atoms with Gasteiger partial charge in [0.2, 0.25) is 0 Å². The molecular weight excluding hydrogens is 424 g/mol. The number of anilines is 1. The maximum atomic E-state index is 13.1. The van der Waals surface area contributed by atoms with Gasteiger partial charge in [0.25, 0.3) is 5.91 Å². The number of hydrogen-bond acceptors (Lipinski definition) is 5. The third-order valence-corrected chi connectivity index (χ3v) is 6.97. The Balaban J connectivity index is 1.66. The highest BCUT2D eigenvalue weighted by Gasteiger charge is 2.25. The Morgan fingerprint density at radius 1 is 1.34 bits per heavy atom. The molecule has 4 nitrogen and oxygen atoms in total. The highest BCUT2D eigenvalue weighted by Crippen LogP contribution is 2.34. The van der Waals surface area contributed by atoms with E-state index in [9.17, 15) is 4.79 Å². The number of fused-ring (bicyclic) bond motifs is 1. The number of halogens is 1. The van der Waals surface area contributed by atoms with E-state index in [0.717, 1.165) is 40.1 Å². The number of rotatable bonds is 6. The summed E-state index contributed by atoms with van der Waals surface area (Å²) >= 11 is 9.42. The molecule has 1 saturated heterocycles. The van der Waals surface area contributed by atoms with E-state index in [4.69, 9.17) is 21.3 Å². The Bertz CT molecular complexity index is 1040. The molecule has 1 fully saturated rings. The minimum Gasteiger partial charge on any atom is -0.376 e. The molecule has 1 atom stereocenters. The lowest BCUT2D eigenvalue weighted by atomic mass is 10.2. The van der Waals surface area contributed by atoms with Gasteiger partial charge in [-0.3, -0.25) is 9.69 Å². The van der Waals surface area contributed by atoms with E-state index in [1.165, 1.54) is 11.3 Å². The summed E-state index contributed by atoms with van der Waals surface area (Å²) in [4.78, 5) is 20.8. The fourth-order valence-corrected chi connectivity index (χ4v) is 5.14. The predicted octanol–water partition coefficient (Wildman–Crippen LogP) is 5.90. The molecule has 0 bridgehead atoms. The number of carbonyl (C=O) groups is 1. The summed E-state index contributed by atoms with van der Waals surface area (Å²) in [6.45, 7) is 1.25. The monoisotopic (exact) mass is 444 g/mol. The lowest BCUT2D eigenvalue weighted by Gasteiger charge is -2.21. The molecule has 3 aromatic rings. The number of ether oxygens (including phenoxy) is 1. The molecule has 0 N–H and O–H groups in total. The highest BCUT2D eigenvalue weighted by molar-refractivity contribution is 7.98. The molecule has 0 aliphatic carbocycles. The molecule has 1 aliphatic heterocycles. The summed E-state index contributed by atoms with van der Waals surface area (Å²) in [6, 6.07) is 13.6. The van der Waals surface area contributed by atoms with Crippen LogP contribution in [-0.2, 0) is 9.53 Å². The number of hydrogen-bond donors (Lipinski definition) is 0. The second kappa shape index (κ2) is 9.30. The van der Waals surface area contributed by atoms with E-state index >= 15 is 0 Å². The van der Waals surface area contributed by atoms with Gasteiger partial charge >= 0.3 is 0 Å². The van der Waals surface area contributed by atoms with Gasteiger partial charge in [0, 0.05) is 22.6 Å². The van der Waals surface area contributed by atoms with E-state index in [2.05, 4.69) is 6.07 Å². The Labute approximate surface area is 183 Å². The van der Waals surface area contributed by atoms with Gasteiger partial charge < -0.3 is 4.74 Å². The summed E-state index contributed by atoms with van der Waals surface area (Å²) in [7, 11) is 0. The van der Waals surface area contributed by atoms with Crippen LogP contribution in [0.25, 0.3) is 16.3 Å². The minimum atomic E-state index is -0.120. The van der Waals surface area contributed by atoms with Crippen LogP contribution in [-0.4, -0.2) is 36.4 Å². The highest BCUT2D eigenvalue weighted by atomic mass is 35.5. The number of thioether (sulfide) groups is 1. The van der Waals surface area contributed by atoms with Crippen LogP contribution >= 0.6 is 34.7 Å². The Hall–Kier alpha value is -1.86. The predicted molar refractivity (Wildman–Crippen MR) is 123 cm³/mol. The Morgan fingerprint density at radius 3 is 2.97 bits per heavy atom. The van der Waals surface area contributed by atoms with Crippen molar-refractivity contribution in [1.82, 2.24) is 4.98 Å². The summed E-state index contributed by atoms with van der Waals surface area (Å²) < 4.78 is 6.87. The van der Waals surface area contributed by atoms with Gasteiger partial charge in [0.15, 0.2) is 5.13 Å². The molecule has 2 aromatic carbocycles. The number of benzene rings is 2. The van der Waals surface area contributed by atoms with E-state index in [1.54, 1.807) is 28.8 Å². The number of aromatic nitrogens is 1. The van der Waals surface area contributed by atoms with Crippen molar-refractivity contribution in [3.63, 3.8) is 0 Å². The zero-order valence-electron chi connectivity index (χ0n) is 16.0. The zero-order valence-corrected chi connectivity index (χ0v) is 18.4. The first kappa shape index (κ1) is 20.4. The molecule has 150 valence electrons. The van der Waals surface area contributed by atoms with Crippen molar-refractivity contribution in [2.75, 3.05) is 24.3 Å². The minimum absolute atomic E-state index is 0.0414. The van der Waals surface area contributed by atoms with Gasteiger partial charge in [-0.05, 0) is 48.9 Å². The third-order valence-electron chi connectivity index (χ3n) is 4.81. The largest absolute Gasteiger partial charge is 0.376 e. The number of nitrogens with zero attached hydrogens (tertiary/aromatic N) is 2. The van der Waals surface area contributed by atoms with E-state index < -0.39 is 0 Å². The third kappa shape index (κ3) is 4.67. The van der Waals surface area contributed by atoms with E-state index in [1.807, 2.05) is 42.7 Å². The molecule has 0 radical (unpaired) electrons. The van der Waals surface area contributed by atoms with Gasteiger partial charge in [-0.1, -0.05) is 47.2 Å². The maximum Gasteiger partial charge on any atom is 0.252 e. The van der Waals surface area contributed by atoms with Gasteiger partial charge in [0.05, 0.1) is 22.9 Å². The molecule has 1 aliphatic rings. The molecule has 0 saturated carbocycles. The molecule has 4 rings (SSSR count). The number of carbonyl (C=O) groups excluding carboxylic acids is 1. The first-order valence-electron chi connectivity index (χ1n) is 9.45. The maximum absolute atomic E-state index is 13.1. The molecular formula is C22H21ClN2O2S2. The van der Waals surface area contributed by atoms with Gasteiger partial charge in [0.1, 0.15) is 0 Å². The molecule has 1 aromatic heterocycles. The lowest BCUT2D eigenvalue weighted by Crippen LogP contribution is -2.36. The van der Waals surface area contributed by atoms with Crippen molar-refractivity contribution in [2.24, 2.45) is 0 Å². The van der Waals surface area contributed by atoms with Crippen LogP contribution in [0.3, 0.4) is 0 Å². The molecule has 29 heavy (non-hydrogen) atoms. The second-order valence-electron chi connectivity index (χ2n) is 6.74. The number of thiazole rings is 1. The van der Waals surface area contributed by atoms with Crippen LogP contribution in [0.5, 0.6) is 0 Å². The topological polar surface area (TPSA) is 42.4 Å². The van der Waals surface area contributed by atoms with Crippen LogP contribution in [0.2, 0.25) is 5.02 Å². The number of amides is 1. The smallest absolute Gasteiger partial charge is 0.252 e. The van der Waals surface area contributed by atoms with E-state index in [-0.39, 0.29) is 12.0 Å². The first-order chi connectivity index (χ1) is 14.2. The van der Waals surface area contributed by atoms with E-state index in [0.29, 0.717) is 16.7 Å². The van der Waals surface area contributed by atoms with Crippen LogP contribution in [0.15, 0.2) is 53.4 Å². The summed E-state index contributed by atoms with van der Waals surface area (Å²) in [5.41, 5.74) is 1.76. The molecule has 2 heterocycles. The van der Waals surface area contributed by atoms with Crippen molar-refractivity contribution < 1.29 is 9.53 Å². The average Bonchev–Trinajstić information content (AvgIpc) is 3.40. The van der Waals surface area contributed by atoms with Gasteiger partial charge in [-0.15, -0.1) is 11.8 Å². The molecule has 0 spiro atoms. The fraction of sp³-hybridized carbons (Fsp3) is 0.273. The summed E-state index contributed by atoms with van der Waals surface area (Å²) in [5.74, 6) is -0.120. The van der Waals surface area contributed by atoms with Crippen LogP contribution in [0.4, 0.5) is 5.13 Å². The van der Waals surface area contributed by atoms with Crippen molar-refractivity contribution in [1.29, 1.82) is 0 Å². The molecule has 1 amide bonds. The number of para-hydroxylation sites is 1. The van der Waals surface area contributed by atoms with Crippen molar-refractivity contribution >= 4 is 62.0 Å². The standard InChI is InChI=1S/C22H21ClN2O2S2/c1-28-18-9-4-10-19-21(18)24-22(29-19)25(14-16-7-5-13-27-16)20(26)12-11-15-6-2-3-8-17(15)23/h2-4,6,8-12,16H,5,7,13-14H2,1H3/b12-11+. The second-order valence-corrected chi connectivity index (χ2v) is 9.01. The van der Waals surface area contributed by atoms with Crippen LogP contribution < -0.4 is 4.90 Å². The lowest BCUT2D eigenvalue weighted by molar-refractivity contribution is -0.114. The Kier molecular flexibility index (Phi) is 6.55. The molecule has 1 unspecified atom stereocenters. The van der Waals surface area contributed by atoms with Crippen molar-refractivity contribution in [3.05, 3.63) is 59.1 Å². The Morgan fingerprint density at radius 2 is 2.21 bits per heavy atom. The van der Waals surface area contributed by atoms with Crippen molar-refractivity contribution in [2.45, 2.75) is 23.8 Å². The molecule has 7 heteroatoms. The van der Waals surface area contributed by atoms with Gasteiger partial charge in [-0.25, -0.2) is 4.98 Å². The van der Waals surface area contributed by atoms with Gasteiger partial charge in [-0.2, -0.15) is 0 Å². The fourth-order valence-electron chi connectivity index (χ4n) is 3.31. The summed E-state index contributed by atoms with van der Waals surface area (Å²) in [5, 5.41) is 1.32. The average molecular weight is 445 g/mol. The zero-order chi connectivity index (χ0) is 20.2. The summed E-state index contributed by atoms with van der Waals surface area (Å²) in [6.07, 6.45) is 7.39. The van der Waals surface area contributed by atoms with Crippen LogP contribution in [0.1, 0.15) is 18.4 Å². The normalized spacial score (nSPS) is 16.7. The van der Waals surface area contributed by atoms with Crippen LogP contribution in [0, 0.1) is 0 Å². The SMILES string of the molecule is CSc1cccc2sc(N(CC3CCCO3)C(=O)/C=C/c3ccccc3Cl)nc12. The van der Waals surface area contributed by atoms with Crippen molar-refractivity contribution in [3.8, 4) is 0 Å². The first-order valence-corrected chi connectivity index (χ1v) is 11.9. The quantitative estimate of drug-likeness (QED) is 0.351.